The summed E-state index contributed by atoms with van der Waals surface area (Å²) < 4.78 is 18.1. The first-order valence-electron chi connectivity index (χ1n) is 4.81. The predicted molar refractivity (Wildman–Crippen MR) is 54.1 cm³/mol. The smallest absolute Gasteiger partial charge is 0.338 e. The molecule has 78 valence electrons. The van der Waals surface area contributed by atoms with Crippen molar-refractivity contribution in [3.63, 3.8) is 0 Å². The van der Waals surface area contributed by atoms with E-state index in [1.54, 1.807) is 6.08 Å². The van der Waals surface area contributed by atoms with Gasteiger partial charge in [0.05, 0.1) is 5.56 Å². The molecule has 1 aromatic carbocycles. The van der Waals surface area contributed by atoms with Gasteiger partial charge in [0.2, 0.25) is 0 Å². The Morgan fingerprint density at radius 1 is 1.60 bits per heavy atom. The number of hydrogen-bond donors (Lipinski definition) is 0. The lowest BCUT2D eigenvalue weighted by Crippen LogP contribution is -2.27. The number of esters is 1. The van der Waals surface area contributed by atoms with Crippen molar-refractivity contribution in [1.82, 2.24) is 0 Å². The number of ether oxygens (including phenoxy) is 1. The Balaban J connectivity index is 2.33. The van der Waals surface area contributed by atoms with Crippen molar-refractivity contribution in [2.75, 3.05) is 0 Å². The number of carbonyl (C=O) groups excluding carboxylic acids is 1. The first kappa shape index (κ1) is 9.90. The van der Waals surface area contributed by atoms with Gasteiger partial charge in [-0.1, -0.05) is 6.08 Å². The largest absolute Gasteiger partial charge is 0.458 e. The molecule has 0 spiro atoms. The van der Waals surface area contributed by atoms with Crippen molar-refractivity contribution in [3.8, 4) is 0 Å². The van der Waals surface area contributed by atoms with Gasteiger partial charge in [-0.05, 0) is 23.8 Å². The zero-order valence-electron chi connectivity index (χ0n) is 8.20. The highest BCUT2D eigenvalue weighted by Crippen LogP contribution is 2.23. The molecule has 2 rings (SSSR count). The van der Waals surface area contributed by atoms with Crippen molar-refractivity contribution in [3.05, 3.63) is 47.8 Å². The van der Waals surface area contributed by atoms with Crippen LogP contribution in [0.3, 0.4) is 0 Å². The van der Waals surface area contributed by atoms with Crippen LogP contribution in [0.15, 0.2) is 30.9 Å². The molecule has 0 saturated carbocycles. The van der Waals surface area contributed by atoms with Crippen LogP contribution in [0.25, 0.3) is 0 Å². The number of fused-ring (bicyclic) bond motifs is 1. The SMILES string of the molecule is C=CCC1Cc2cc(F)ccc2C(=O)O1. The summed E-state index contributed by atoms with van der Waals surface area (Å²) in [6.45, 7) is 3.59. The zero-order valence-corrected chi connectivity index (χ0v) is 8.20. The van der Waals surface area contributed by atoms with Gasteiger partial charge in [-0.3, -0.25) is 0 Å². The van der Waals surface area contributed by atoms with Gasteiger partial charge in [0, 0.05) is 12.8 Å². The molecule has 0 N–H and O–H groups in total. The van der Waals surface area contributed by atoms with E-state index in [9.17, 15) is 9.18 Å². The summed E-state index contributed by atoms with van der Waals surface area (Å²) in [5, 5.41) is 0. The Morgan fingerprint density at radius 3 is 3.13 bits per heavy atom. The van der Waals surface area contributed by atoms with Gasteiger partial charge in [0.25, 0.3) is 0 Å². The summed E-state index contributed by atoms with van der Waals surface area (Å²) in [5.74, 6) is -0.691. The van der Waals surface area contributed by atoms with Gasteiger partial charge in [-0.15, -0.1) is 6.58 Å². The molecule has 1 atom stereocenters. The number of carbonyl (C=O) groups is 1. The maximum absolute atomic E-state index is 13.0. The van der Waals surface area contributed by atoms with E-state index in [1.165, 1.54) is 18.2 Å². The summed E-state index contributed by atoms with van der Waals surface area (Å²) in [6.07, 6.45) is 2.65. The quantitative estimate of drug-likeness (QED) is 0.549. The fourth-order valence-electron chi connectivity index (χ4n) is 1.75. The van der Waals surface area contributed by atoms with Crippen LogP contribution in [0.4, 0.5) is 4.39 Å². The van der Waals surface area contributed by atoms with Crippen LogP contribution in [0.2, 0.25) is 0 Å². The summed E-state index contributed by atoms with van der Waals surface area (Å²) in [6, 6.07) is 4.14. The summed E-state index contributed by atoms with van der Waals surface area (Å²) in [7, 11) is 0. The highest BCUT2D eigenvalue weighted by Gasteiger charge is 2.25. The number of rotatable bonds is 2. The summed E-state index contributed by atoms with van der Waals surface area (Å²) in [5.41, 5.74) is 1.19. The van der Waals surface area contributed by atoms with Crippen molar-refractivity contribution in [2.24, 2.45) is 0 Å². The molecule has 1 heterocycles. The van der Waals surface area contributed by atoms with Gasteiger partial charge in [0.1, 0.15) is 11.9 Å². The van der Waals surface area contributed by atoms with E-state index < -0.39 is 0 Å². The van der Waals surface area contributed by atoms with Crippen molar-refractivity contribution in [1.29, 1.82) is 0 Å². The average Bonchev–Trinajstić information content (AvgIpc) is 2.17. The molecule has 1 aromatic rings. The Hall–Kier alpha value is -1.64. The zero-order chi connectivity index (χ0) is 10.8. The maximum atomic E-state index is 13.0. The topological polar surface area (TPSA) is 26.3 Å². The van der Waals surface area contributed by atoms with E-state index in [1.807, 2.05) is 0 Å². The van der Waals surface area contributed by atoms with Crippen LogP contribution in [0.1, 0.15) is 22.3 Å². The third-order valence-corrected chi connectivity index (χ3v) is 2.44. The van der Waals surface area contributed by atoms with E-state index in [0.717, 1.165) is 5.56 Å². The van der Waals surface area contributed by atoms with Crippen molar-refractivity contribution >= 4 is 5.97 Å². The fourth-order valence-corrected chi connectivity index (χ4v) is 1.75. The second-order valence-electron chi connectivity index (χ2n) is 3.56. The van der Waals surface area contributed by atoms with Crippen LogP contribution in [0.5, 0.6) is 0 Å². The molecule has 0 amide bonds. The molecular weight excluding hydrogens is 195 g/mol. The van der Waals surface area contributed by atoms with Crippen molar-refractivity contribution in [2.45, 2.75) is 18.9 Å². The Labute approximate surface area is 87.4 Å². The maximum Gasteiger partial charge on any atom is 0.338 e. The Morgan fingerprint density at radius 2 is 2.40 bits per heavy atom. The monoisotopic (exact) mass is 206 g/mol. The number of hydrogen-bond acceptors (Lipinski definition) is 2. The van der Waals surface area contributed by atoms with E-state index in [0.29, 0.717) is 18.4 Å². The standard InChI is InChI=1S/C12H11FO2/c1-2-3-10-7-8-6-9(13)4-5-11(8)12(14)15-10/h2,4-6,10H,1,3,7H2. The lowest BCUT2D eigenvalue weighted by Gasteiger charge is -2.23. The van der Waals surface area contributed by atoms with Crippen LogP contribution in [0, 0.1) is 5.82 Å². The molecule has 3 heteroatoms. The molecule has 1 unspecified atom stereocenters. The molecule has 2 nitrogen and oxygen atoms in total. The molecule has 0 fully saturated rings. The minimum absolute atomic E-state index is 0.204. The van der Waals surface area contributed by atoms with Gasteiger partial charge >= 0.3 is 5.97 Å². The summed E-state index contributed by atoms with van der Waals surface area (Å²) in [4.78, 5) is 11.5. The fraction of sp³-hybridized carbons (Fsp3) is 0.250. The van der Waals surface area contributed by atoms with Crippen molar-refractivity contribution < 1.29 is 13.9 Å². The molecule has 0 aromatic heterocycles. The highest BCUT2D eigenvalue weighted by atomic mass is 19.1. The predicted octanol–water partition coefficient (Wildman–Crippen LogP) is 2.48. The molecule has 0 radical (unpaired) electrons. The normalized spacial score (nSPS) is 19.3. The van der Waals surface area contributed by atoms with Gasteiger partial charge in [-0.25, -0.2) is 9.18 Å². The number of halogens is 1. The van der Waals surface area contributed by atoms with Gasteiger partial charge < -0.3 is 4.74 Å². The molecule has 1 aliphatic rings. The Kier molecular flexibility index (Phi) is 2.54. The van der Waals surface area contributed by atoms with Gasteiger partial charge in [-0.2, -0.15) is 0 Å². The number of benzene rings is 1. The van der Waals surface area contributed by atoms with Crippen LogP contribution in [-0.4, -0.2) is 12.1 Å². The summed E-state index contributed by atoms with van der Waals surface area (Å²) >= 11 is 0. The van der Waals surface area contributed by atoms with E-state index in [2.05, 4.69) is 6.58 Å². The average molecular weight is 206 g/mol. The highest BCUT2D eigenvalue weighted by molar-refractivity contribution is 5.92. The minimum Gasteiger partial charge on any atom is -0.458 e. The van der Waals surface area contributed by atoms with E-state index in [-0.39, 0.29) is 17.9 Å². The molecular formula is C12H11FO2. The van der Waals surface area contributed by atoms with E-state index >= 15 is 0 Å². The lowest BCUT2D eigenvalue weighted by molar-refractivity contribution is 0.0265. The van der Waals surface area contributed by atoms with Crippen LogP contribution in [-0.2, 0) is 11.2 Å². The van der Waals surface area contributed by atoms with Crippen LogP contribution >= 0.6 is 0 Å². The molecule has 0 aliphatic carbocycles. The second-order valence-corrected chi connectivity index (χ2v) is 3.56. The number of cyclic esters (lactones) is 1. The molecule has 0 bridgehead atoms. The molecule has 15 heavy (non-hydrogen) atoms. The third-order valence-electron chi connectivity index (χ3n) is 2.44. The third kappa shape index (κ3) is 1.91. The lowest BCUT2D eigenvalue weighted by atomic mass is 9.97. The van der Waals surface area contributed by atoms with E-state index in [4.69, 9.17) is 4.74 Å². The first-order chi connectivity index (χ1) is 7.20. The van der Waals surface area contributed by atoms with Gasteiger partial charge in [0.15, 0.2) is 0 Å². The van der Waals surface area contributed by atoms with Crippen LogP contribution < -0.4 is 0 Å². The second kappa shape index (κ2) is 3.85. The Bertz CT molecular complexity index is 412. The molecule has 0 saturated heterocycles. The first-order valence-corrected chi connectivity index (χ1v) is 4.81. The molecule has 1 aliphatic heterocycles. The minimum atomic E-state index is -0.372.